The van der Waals surface area contributed by atoms with Crippen LogP contribution in [0.3, 0.4) is 0 Å². The molecule has 0 aromatic carbocycles. The normalized spacial score (nSPS) is 12.6. The summed E-state index contributed by atoms with van der Waals surface area (Å²) in [5.74, 6) is 0. The van der Waals surface area contributed by atoms with Crippen LogP contribution in [0.15, 0.2) is 133 Å². The Morgan fingerprint density at radius 2 is 1.82 bits per heavy atom. The fourth-order valence-electron chi connectivity index (χ4n) is 3.98. The van der Waals surface area contributed by atoms with Crippen LogP contribution in [-0.2, 0) is 0 Å². The van der Waals surface area contributed by atoms with Crippen molar-refractivity contribution in [3.63, 3.8) is 0 Å². The zero-order valence-corrected chi connectivity index (χ0v) is 24.0. The highest BCUT2D eigenvalue weighted by Gasteiger charge is 2.11. The molecular weight excluding hydrogens is 478 g/mol. The smallest absolute Gasteiger partial charge is 0.0767 e. The molecule has 0 aliphatic carbocycles. The highest BCUT2D eigenvalue weighted by molar-refractivity contribution is 5.70. The van der Waals surface area contributed by atoms with Gasteiger partial charge in [-0.1, -0.05) is 51.8 Å². The van der Waals surface area contributed by atoms with E-state index >= 15 is 0 Å². The molecule has 0 saturated carbocycles. The second kappa shape index (κ2) is 15.8. The molecule has 2 aromatic rings. The van der Waals surface area contributed by atoms with Crippen molar-refractivity contribution in [3.05, 3.63) is 139 Å². The van der Waals surface area contributed by atoms with Gasteiger partial charge >= 0.3 is 0 Å². The molecule has 0 fully saturated rings. The van der Waals surface area contributed by atoms with Crippen molar-refractivity contribution in [1.82, 2.24) is 15.3 Å². The molecule has 2 rings (SSSR count). The van der Waals surface area contributed by atoms with Crippen LogP contribution in [0.5, 0.6) is 0 Å². The fraction of sp³-hybridized carbons (Fsp3) is 0.235. The Balaban J connectivity index is 2.24. The molecule has 39 heavy (non-hydrogen) atoms. The van der Waals surface area contributed by atoms with Crippen molar-refractivity contribution < 1.29 is 0 Å². The quantitative estimate of drug-likeness (QED) is 0.205. The highest BCUT2D eigenvalue weighted by atomic mass is 14.9. The fourth-order valence-corrected chi connectivity index (χ4v) is 3.98. The average molecular weight is 522 g/mol. The van der Waals surface area contributed by atoms with Gasteiger partial charge in [0.15, 0.2) is 0 Å². The summed E-state index contributed by atoms with van der Waals surface area (Å²) >= 11 is 0. The Hall–Kier alpha value is -4.38. The number of allylic oxidation sites excluding steroid dienone is 10. The van der Waals surface area contributed by atoms with Crippen LogP contribution in [0.4, 0.5) is 5.69 Å². The van der Waals surface area contributed by atoms with E-state index in [1.807, 2.05) is 69.5 Å². The number of aromatic nitrogens is 2. The number of hydrogen-bond acceptors (Lipinski definition) is 5. The predicted octanol–water partition coefficient (Wildman–Crippen LogP) is 8.42. The summed E-state index contributed by atoms with van der Waals surface area (Å²) in [6.07, 6.45) is 18.8. The van der Waals surface area contributed by atoms with Crippen molar-refractivity contribution in [2.45, 2.75) is 53.4 Å². The lowest BCUT2D eigenvalue weighted by atomic mass is 9.98. The number of anilines is 1. The first kappa shape index (κ1) is 30.8. The molecule has 2 heterocycles. The summed E-state index contributed by atoms with van der Waals surface area (Å²) in [5, 5.41) is 6.82. The first-order valence-corrected chi connectivity index (χ1v) is 13.3. The van der Waals surface area contributed by atoms with Crippen LogP contribution in [-0.4, -0.2) is 9.97 Å². The highest BCUT2D eigenvalue weighted by Crippen LogP contribution is 2.28. The Kier molecular flexibility index (Phi) is 12.5. The van der Waals surface area contributed by atoms with E-state index in [0.29, 0.717) is 12.1 Å². The van der Waals surface area contributed by atoms with Gasteiger partial charge in [-0.05, 0) is 92.3 Å². The van der Waals surface area contributed by atoms with Gasteiger partial charge in [-0.25, -0.2) is 0 Å². The Labute approximate surface area is 235 Å². The zero-order chi connectivity index (χ0) is 28.8. The van der Waals surface area contributed by atoms with Crippen LogP contribution < -0.4 is 16.4 Å². The van der Waals surface area contributed by atoms with Crippen molar-refractivity contribution in [2.24, 2.45) is 5.73 Å². The maximum Gasteiger partial charge on any atom is 0.0767 e. The van der Waals surface area contributed by atoms with Crippen LogP contribution >= 0.6 is 0 Å². The van der Waals surface area contributed by atoms with Gasteiger partial charge in [0.1, 0.15) is 0 Å². The third-order valence-corrected chi connectivity index (χ3v) is 6.25. The minimum Gasteiger partial charge on any atom is -0.399 e. The largest absolute Gasteiger partial charge is 0.399 e. The van der Waals surface area contributed by atoms with E-state index in [1.54, 1.807) is 18.5 Å². The predicted molar refractivity (Wildman–Crippen MR) is 169 cm³/mol. The Morgan fingerprint density at radius 3 is 2.44 bits per heavy atom. The molecular formula is C34H43N5. The Bertz CT molecular complexity index is 1310. The summed E-state index contributed by atoms with van der Waals surface area (Å²) in [5.41, 5.74) is 16.3. The number of rotatable bonds is 15. The lowest BCUT2D eigenvalue weighted by Gasteiger charge is -2.17. The molecule has 5 nitrogen and oxygen atoms in total. The van der Waals surface area contributed by atoms with Gasteiger partial charge in [-0.3, -0.25) is 9.97 Å². The first-order valence-electron chi connectivity index (χ1n) is 13.3. The molecule has 0 aliphatic heterocycles. The molecule has 0 atom stereocenters. The van der Waals surface area contributed by atoms with E-state index in [1.165, 1.54) is 0 Å². The van der Waals surface area contributed by atoms with E-state index in [4.69, 9.17) is 5.73 Å². The zero-order valence-electron chi connectivity index (χ0n) is 24.0. The van der Waals surface area contributed by atoms with E-state index in [0.717, 1.165) is 75.6 Å². The molecule has 5 heteroatoms. The SMILES string of the molecule is C=C/C(=C\C(=C/C)C(=C)/C=C(CC(=C)Nc1ccnc(-c2cccnc2)c1C)\C(N)=C/C)NC(=C)CCCC. The maximum atomic E-state index is 6.41. The summed E-state index contributed by atoms with van der Waals surface area (Å²) in [6.45, 7) is 24.8. The van der Waals surface area contributed by atoms with E-state index in [2.05, 4.69) is 53.8 Å². The number of nitrogens with two attached hydrogens (primary N) is 1. The number of unbranched alkanes of at least 4 members (excludes halogenated alkanes) is 1. The standard InChI is InChI=1S/C34H43N5/c1-9-13-15-25(6)38-31(11-3)22-28(10-2)24(5)20-30(32(35)12-4)21-26(7)39-33-17-19-37-34(27(33)8)29-16-14-18-36-23-29/h10-12,14,16-20,22-23,38H,3,5-7,9,13,15,21,35H2,1-2,4,8H3,(H,37,39)/b28-10+,30-20-,31-22+,32-12+. The topological polar surface area (TPSA) is 75.9 Å². The van der Waals surface area contributed by atoms with Gasteiger partial charge in [-0.2, -0.15) is 0 Å². The van der Waals surface area contributed by atoms with E-state index in [-0.39, 0.29) is 0 Å². The molecule has 0 radical (unpaired) electrons. The molecule has 0 unspecified atom stereocenters. The molecule has 0 spiro atoms. The molecule has 0 saturated heterocycles. The van der Waals surface area contributed by atoms with Crippen molar-refractivity contribution >= 4 is 5.69 Å². The summed E-state index contributed by atoms with van der Waals surface area (Å²) < 4.78 is 0. The van der Waals surface area contributed by atoms with Gasteiger partial charge in [0.05, 0.1) is 5.69 Å². The summed E-state index contributed by atoms with van der Waals surface area (Å²) in [7, 11) is 0. The van der Waals surface area contributed by atoms with E-state index in [9.17, 15) is 0 Å². The van der Waals surface area contributed by atoms with Crippen LogP contribution in [0.2, 0.25) is 0 Å². The maximum absolute atomic E-state index is 6.41. The third-order valence-electron chi connectivity index (χ3n) is 6.25. The molecule has 2 aromatic heterocycles. The lowest BCUT2D eigenvalue weighted by Crippen LogP contribution is -2.11. The lowest BCUT2D eigenvalue weighted by molar-refractivity contribution is 0.751. The molecule has 0 aliphatic rings. The minimum absolute atomic E-state index is 0.528. The minimum atomic E-state index is 0.528. The van der Waals surface area contributed by atoms with Crippen LogP contribution in [0.25, 0.3) is 11.3 Å². The van der Waals surface area contributed by atoms with Crippen molar-refractivity contribution in [3.8, 4) is 11.3 Å². The van der Waals surface area contributed by atoms with Gasteiger partial charge in [0.2, 0.25) is 0 Å². The van der Waals surface area contributed by atoms with E-state index < -0.39 is 0 Å². The molecule has 0 amide bonds. The number of pyridine rings is 2. The van der Waals surface area contributed by atoms with Gasteiger partial charge in [0.25, 0.3) is 0 Å². The monoisotopic (exact) mass is 521 g/mol. The second-order valence-electron chi connectivity index (χ2n) is 9.30. The molecule has 204 valence electrons. The van der Waals surface area contributed by atoms with Gasteiger partial charge in [0, 0.05) is 59.1 Å². The number of hydrogen-bond donors (Lipinski definition) is 3. The summed E-state index contributed by atoms with van der Waals surface area (Å²) in [4.78, 5) is 8.78. The van der Waals surface area contributed by atoms with Gasteiger partial charge in [-0.15, -0.1) is 0 Å². The molecule has 4 N–H and O–H groups in total. The number of nitrogens with zero attached hydrogens (tertiary/aromatic N) is 2. The van der Waals surface area contributed by atoms with Crippen LogP contribution in [0.1, 0.15) is 52.0 Å². The average Bonchev–Trinajstić information content (AvgIpc) is 2.94. The summed E-state index contributed by atoms with van der Waals surface area (Å²) in [6, 6.07) is 5.86. The van der Waals surface area contributed by atoms with Crippen molar-refractivity contribution in [2.75, 3.05) is 5.32 Å². The third kappa shape index (κ3) is 9.46. The van der Waals surface area contributed by atoms with Crippen molar-refractivity contribution in [1.29, 1.82) is 0 Å². The Morgan fingerprint density at radius 1 is 1.05 bits per heavy atom. The number of nitrogens with one attached hydrogen (secondary N) is 2. The molecule has 0 bridgehead atoms. The van der Waals surface area contributed by atoms with Crippen LogP contribution in [0, 0.1) is 6.92 Å². The van der Waals surface area contributed by atoms with Gasteiger partial charge < -0.3 is 16.4 Å². The second-order valence-corrected chi connectivity index (χ2v) is 9.30. The first-order chi connectivity index (χ1) is 18.7.